The van der Waals surface area contributed by atoms with Gasteiger partial charge in [-0.05, 0) is 36.7 Å². The van der Waals surface area contributed by atoms with Crippen LogP contribution in [0.5, 0.6) is 5.88 Å². The van der Waals surface area contributed by atoms with Gasteiger partial charge in [0.2, 0.25) is 5.88 Å². The Bertz CT molecular complexity index is 838. The Balaban J connectivity index is 1.76. The number of pyridine rings is 1. The average Bonchev–Trinajstić information content (AvgIpc) is 2.94. The Morgan fingerprint density at radius 1 is 1.26 bits per heavy atom. The molecule has 8 heteroatoms. The highest BCUT2D eigenvalue weighted by molar-refractivity contribution is 5.74. The lowest BCUT2D eigenvalue weighted by molar-refractivity contribution is -0.137. The third-order valence-corrected chi connectivity index (χ3v) is 5.37. The lowest BCUT2D eigenvalue weighted by atomic mass is 9.89. The van der Waals surface area contributed by atoms with E-state index in [1.54, 1.807) is 19.2 Å². The van der Waals surface area contributed by atoms with E-state index in [0.29, 0.717) is 29.5 Å². The normalized spacial score (nSPS) is 21.6. The molecule has 2 atom stereocenters. The first-order chi connectivity index (χ1) is 12.9. The molecule has 0 radical (unpaired) electrons. The van der Waals surface area contributed by atoms with Crippen LogP contribution in [0, 0.1) is 0 Å². The van der Waals surface area contributed by atoms with Crippen molar-refractivity contribution >= 4 is 17.1 Å². The number of piperidine rings is 1. The summed E-state index contributed by atoms with van der Waals surface area (Å²) in [6, 6.07) is 6.51. The van der Waals surface area contributed by atoms with Gasteiger partial charge in [0.15, 0.2) is 0 Å². The van der Waals surface area contributed by atoms with Crippen LogP contribution < -0.4 is 20.3 Å². The summed E-state index contributed by atoms with van der Waals surface area (Å²) in [6.07, 6.45) is -2.05. The molecule has 27 heavy (non-hydrogen) atoms. The molecule has 2 aliphatic heterocycles. The maximum atomic E-state index is 13.8. The van der Waals surface area contributed by atoms with Gasteiger partial charge in [-0.1, -0.05) is 0 Å². The molecule has 5 nitrogen and oxygen atoms in total. The first kappa shape index (κ1) is 17.9. The van der Waals surface area contributed by atoms with E-state index in [2.05, 4.69) is 15.6 Å². The molecule has 1 aromatic carbocycles. The number of aromatic nitrogens is 1. The molecule has 0 amide bonds. The molecule has 144 valence electrons. The van der Waals surface area contributed by atoms with Crippen LogP contribution in [0.3, 0.4) is 0 Å². The summed E-state index contributed by atoms with van der Waals surface area (Å²) in [5.74, 6) is 0.499. The quantitative estimate of drug-likeness (QED) is 0.852. The van der Waals surface area contributed by atoms with Gasteiger partial charge in [-0.2, -0.15) is 13.2 Å². The van der Waals surface area contributed by atoms with Gasteiger partial charge in [0.05, 0.1) is 30.2 Å². The number of fused-ring (bicyclic) bond motifs is 3. The van der Waals surface area contributed by atoms with Crippen molar-refractivity contribution < 1.29 is 17.9 Å². The number of methoxy groups -OCH3 is 1. The lowest BCUT2D eigenvalue weighted by Gasteiger charge is -2.31. The maximum Gasteiger partial charge on any atom is 0.418 e. The van der Waals surface area contributed by atoms with Crippen molar-refractivity contribution in [3.8, 4) is 5.88 Å². The number of ether oxygens (including phenoxy) is 1. The fourth-order valence-corrected chi connectivity index (χ4v) is 4.15. The molecule has 0 saturated carbocycles. The molecular weight excluding hydrogens is 357 g/mol. The van der Waals surface area contributed by atoms with Gasteiger partial charge in [0.25, 0.3) is 0 Å². The third kappa shape index (κ3) is 3.18. The van der Waals surface area contributed by atoms with E-state index >= 15 is 0 Å². The van der Waals surface area contributed by atoms with Gasteiger partial charge < -0.3 is 20.3 Å². The number of nitrogens with one attached hydrogen (secondary N) is 2. The molecule has 0 aliphatic carbocycles. The number of likely N-dealkylation sites (N-methyl/N-ethyl adjacent to an activating group) is 1. The van der Waals surface area contributed by atoms with Crippen molar-refractivity contribution in [1.29, 1.82) is 0 Å². The molecule has 0 bridgehead atoms. The highest BCUT2D eigenvalue weighted by Gasteiger charge is 2.45. The van der Waals surface area contributed by atoms with Crippen molar-refractivity contribution in [2.24, 2.45) is 0 Å². The van der Waals surface area contributed by atoms with Crippen LogP contribution in [0.25, 0.3) is 0 Å². The van der Waals surface area contributed by atoms with Crippen LogP contribution in [0.1, 0.15) is 23.5 Å². The molecule has 1 fully saturated rings. The average molecular weight is 378 g/mol. The van der Waals surface area contributed by atoms with Crippen LogP contribution in [0.15, 0.2) is 30.5 Å². The summed E-state index contributed by atoms with van der Waals surface area (Å²) in [6.45, 7) is 1.51. The number of anilines is 3. The Hall–Kier alpha value is -2.48. The van der Waals surface area contributed by atoms with E-state index < -0.39 is 11.7 Å². The van der Waals surface area contributed by atoms with Crippen LogP contribution in [-0.4, -0.2) is 38.3 Å². The van der Waals surface area contributed by atoms with Crippen LogP contribution >= 0.6 is 0 Å². The summed E-state index contributed by atoms with van der Waals surface area (Å²) < 4.78 is 46.5. The number of hydrogen-bond acceptors (Lipinski definition) is 5. The van der Waals surface area contributed by atoms with Gasteiger partial charge in [-0.25, -0.2) is 4.98 Å². The highest BCUT2D eigenvalue weighted by Crippen LogP contribution is 2.50. The summed E-state index contributed by atoms with van der Waals surface area (Å²) >= 11 is 0. The Labute approximate surface area is 155 Å². The number of nitrogens with zero attached hydrogens (tertiary/aromatic N) is 2. The second-order valence-corrected chi connectivity index (χ2v) is 6.95. The first-order valence-electron chi connectivity index (χ1n) is 8.84. The lowest BCUT2D eigenvalue weighted by Crippen LogP contribution is -2.42. The number of benzene rings is 1. The zero-order valence-corrected chi connectivity index (χ0v) is 15.1. The topological polar surface area (TPSA) is 49.4 Å². The molecule has 2 aliphatic rings. The molecule has 2 N–H and O–H groups in total. The fraction of sp³-hybridized carbons (Fsp3) is 0.421. The van der Waals surface area contributed by atoms with Gasteiger partial charge in [0.1, 0.15) is 0 Å². The number of halogens is 3. The molecule has 1 saturated heterocycles. The fourth-order valence-electron chi connectivity index (χ4n) is 4.15. The highest BCUT2D eigenvalue weighted by atomic mass is 19.4. The van der Waals surface area contributed by atoms with Crippen LogP contribution in [0.4, 0.5) is 30.2 Å². The van der Waals surface area contributed by atoms with E-state index in [0.717, 1.165) is 18.5 Å². The second-order valence-electron chi connectivity index (χ2n) is 6.95. The van der Waals surface area contributed by atoms with Crippen LogP contribution in [0.2, 0.25) is 0 Å². The minimum absolute atomic E-state index is 0.0515. The minimum atomic E-state index is -4.42. The number of hydrogen-bond donors (Lipinski definition) is 2. The number of alkyl halides is 3. The summed E-state index contributed by atoms with van der Waals surface area (Å²) in [4.78, 5) is 5.90. The molecule has 3 heterocycles. The van der Waals surface area contributed by atoms with Gasteiger partial charge in [-0.15, -0.1) is 0 Å². The van der Waals surface area contributed by atoms with E-state index in [4.69, 9.17) is 4.74 Å². The zero-order chi connectivity index (χ0) is 19.2. The summed E-state index contributed by atoms with van der Waals surface area (Å²) in [5.41, 5.74) is 1.47. The van der Waals surface area contributed by atoms with E-state index in [1.165, 1.54) is 19.4 Å². The predicted octanol–water partition coefficient (Wildman–Crippen LogP) is 3.75. The van der Waals surface area contributed by atoms with Crippen molar-refractivity contribution in [3.63, 3.8) is 0 Å². The smallest absolute Gasteiger partial charge is 0.418 e. The van der Waals surface area contributed by atoms with Crippen LogP contribution in [-0.2, 0) is 6.18 Å². The van der Waals surface area contributed by atoms with E-state index in [-0.39, 0.29) is 12.0 Å². The molecule has 0 spiro atoms. The largest absolute Gasteiger partial charge is 0.481 e. The summed E-state index contributed by atoms with van der Waals surface area (Å²) in [7, 11) is 3.28. The van der Waals surface area contributed by atoms with Crippen molar-refractivity contribution in [2.75, 3.05) is 37.5 Å². The molecule has 0 unspecified atom stereocenters. The maximum absolute atomic E-state index is 13.8. The Kier molecular flexibility index (Phi) is 4.38. The molecule has 2 aromatic rings. The van der Waals surface area contributed by atoms with Gasteiger partial charge in [-0.3, -0.25) is 0 Å². The first-order valence-corrected chi connectivity index (χ1v) is 8.84. The Morgan fingerprint density at radius 3 is 2.74 bits per heavy atom. The monoisotopic (exact) mass is 378 g/mol. The van der Waals surface area contributed by atoms with Crippen molar-refractivity contribution in [2.45, 2.75) is 24.6 Å². The van der Waals surface area contributed by atoms with Gasteiger partial charge in [0, 0.05) is 37.3 Å². The molecular formula is C19H21F3N4O. The second kappa shape index (κ2) is 6.60. The van der Waals surface area contributed by atoms with Crippen molar-refractivity contribution in [3.05, 3.63) is 41.6 Å². The summed E-state index contributed by atoms with van der Waals surface area (Å²) in [5, 5.41) is 6.36. The van der Waals surface area contributed by atoms with E-state index in [9.17, 15) is 13.2 Å². The third-order valence-electron chi connectivity index (χ3n) is 5.37. The van der Waals surface area contributed by atoms with Gasteiger partial charge >= 0.3 is 6.18 Å². The van der Waals surface area contributed by atoms with E-state index in [1.807, 2.05) is 11.0 Å². The number of rotatable bonds is 3. The minimum Gasteiger partial charge on any atom is -0.481 e. The predicted molar refractivity (Wildman–Crippen MR) is 97.9 cm³/mol. The Morgan fingerprint density at radius 2 is 2.07 bits per heavy atom. The zero-order valence-electron chi connectivity index (χ0n) is 15.1. The molecule has 4 rings (SSSR count). The van der Waals surface area contributed by atoms with Crippen molar-refractivity contribution in [1.82, 2.24) is 10.3 Å². The standard InChI is InChI=1S/C19H21F3N4O/c1-26-16-5-6-23-10-14(16)13-7-12(8-15(18(13)26)19(20,21)22)25-11-3-4-17(27-2)24-9-11/h3-4,7-9,14,16,23,25H,5-6,10H2,1-2H3/t14-,16-/m1/s1. The molecule has 1 aromatic heterocycles. The SMILES string of the molecule is COc1ccc(Nc2cc3c(c(C(F)(F)F)c2)N(C)[C@@H]2CCNC[C@H]32)cn1.